The number of piperidine rings is 3. The summed E-state index contributed by atoms with van der Waals surface area (Å²) in [5.41, 5.74) is 3.87. The van der Waals surface area contributed by atoms with Crippen LogP contribution in [0.1, 0.15) is 24.5 Å². The molecule has 3 fully saturated rings. The number of rotatable bonds is 7. The van der Waals surface area contributed by atoms with Crippen molar-refractivity contribution in [1.82, 2.24) is 14.7 Å². The zero-order valence-electron chi connectivity index (χ0n) is 20.4. The van der Waals surface area contributed by atoms with Gasteiger partial charge in [-0.1, -0.05) is 12.1 Å². The van der Waals surface area contributed by atoms with Crippen LogP contribution in [0.25, 0.3) is 11.3 Å². The van der Waals surface area contributed by atoms with Gasteiger partial charge in [-0.3, -0.25) is 14.9 Å². The van der Waals surface area contributed by atoms with Gasteiger partial charge >= 0.3 is 6.09 Å². The summed E-state index contributed by atoms with van der Waals surface area (Å²) in [6.07, 6.45) is 1.73. The molecule has 4 heterocycles. The fourth-order valence-corrected chi connectivity index (χ4v) is 5.46. The Kier molecular flexibility index (Phi) is 6.63. The number of amides is 1. The molecule has 3 aliphatic rings. The fraction of sp³-hybridized carbons (Fsp3) is 0.407. The van der Waals surface area contributed by atoms with Crippen molar-refractivity contribution in [2.45, 2.75) is 24.8 Å². The summed E-state index contributed by atoms with van der Waals surface area (Å²) in [4.78, 5) is 14.8. The highest BCUT2D eigenvalue weighted by Crippen LogP contribution is 2.43. The molecule has 6 rings (SSSR count). The van der Waals surface area contributed by atoms with Crippen molar-refractivity contribution in [2.24, 2.45) is 13.0 Å². The minimum absolute atomic E-state index is 0.244. The molecule has 35 heavy (non-hydrogen) atoms. The summed E-state index contributed by atoms with van der Waals surface area (Å²) in [5, 5.41) is 7.60. The topological polar surface area (TPSA) is 77.8 Å². The lowest BCUT2D eigenvalue weighted by Crippen LogP contribution is -2.54. The number of aryl methyl sites for hydroxylation is 1. The molecule has 1 amide bonds. The van der Waals surface area contributed by atoms with Gasteiger partial charge < -0.3 is 14.2 Å². The molecule has 1 N–H and O–H groups in total. The van der Waals surface area contributed by atoms with Crippen LogP contribution in [-0.2, 0) is 11.8 Å². The van der Waals surface area contributed by atoms with E-state index in [4.69, 9.17) is 19.3 Å². The Morgan fingerprint density at radius 3 is 2.63 bits per heavy atom. The van der Waals surface area contributed by atoms with Gasteiger partial charge in [0.25, 0.3) is 0 Å². The van der Waals surface area contributed by atoms with E-state index in [1.807, 2.05) is 36.0 Å². The SMILES string of the molecule is COc1ccc(NC(=O)OC[C@H]2C[C@@H]3CCN2C[C@@H]3c2cc(-c3ccccc3OC)nn2C)cc1. The van der Waals surface area contributed by atoms with Crippen LogP contribution in [0.5, 0.6) is 11.5 Å². The number of carbonyl (C=O) groups is 1. The van der Waals surface area contributed by atoms with Crippen molar-refractivity contribution in [3.8, 4) is 22.8 Å². The molecule has 184 valence electrons. The largest absolute Gasteiger partial charge is 0.497 e. The second-order valence-electron chi connectivity index (χ2n) is 9.27. The maximum absolute atomic E-state index is 12.3. The van der Waals surface area contributed by atoms with Crippen LogP contribution >= 0.6 is 0 Å². The Morgan fingerprint density at radius 2 is 1.91 bits per heavy atom. The molecular weight excluding hydrogens is 444 g/mol. The van der Waals surface area contributed by atoms with Crippen molar-refractivity contribution < 1.29 is 19.0 Å². The number of benzene rings is 2. The zero-order valence-corrected chi connectivity index (χ0v) is 20.4. The van der Waals surface area contributed by atoms with E-state index in [1.165, 1.54) is 5.69 Å². The highest BCUT2D eigenvalue weighted by molar-refractivity contribution is 5.84. The first-order valence-corrected chi connectivity index (χ1v) is 12.0. The number of aromatic nitrogens is 2. The number of methoxy groups -OCH3 is 2. The number of hydrogen-bond donors (Lipinski definition) is 1. The Morgan fingerprint density at radius 1 is 1.11 bits per heavy atom. The molecule has 4 atom stereocenters. The number of ether oxygens (including phenoxy) is 3. The molecular formula is C27H32N4O4. The van der Waals surface area contributed by atoms with Crippen molar-refractivity contribution >= 4 is 11.8 Å². The quantitative estimate of drug-likeness (QED) is 0.540. The van der Waals surface area contributed by atoms with Crippen LogP contribution in [-0.4, -0.2) is 60.7 Å². The van der Waals surface area contributed by atoms with Gasteiger partial charge in [0.1, 0.15) is 18.1 Å². The van der Waals surface area contributed by atoms with Crippen molar-refractivity contribution in [3.05, 3.63) is 60.3 Å². The van der Waals surface area contributed by atoms with Gasteiger partial charge in [-0.15, -0.1) is 0 Å². The molecule has 8 heteroatoms. The average molecular weight is 477 g/mol. The van der Waals surface area contributed by atoms with Gasteiger partial charge in [-0.05, 0) is 67.8 Å². The van der Waals surface area contributed by atoms with Gasteiger partial charge in [0.15, 0.2) is 0 Å². The summed E-state index contributed by atoms with van der Waals surface area (Å²) in [7, 11) is 5.33. The molecule has 1 unspecified atom stereocenters. The molecule has 0 saturated carbocycles. The van der Waals surface area contributed by atoms with Crippen LogP contribution < -0.4 is 14.8 Å². The third kappa shape index (κ3) is 4.84. The maximum atomic E-state index is 12.3. The summed E-state index contributed by atoms with van der Waals surface area (Å²) >= 11 is 0. The van der Waals surface area contributed by atoms with E-state index < -0.39 is 6.09 Å². The zero-order chi connectivity index (χ0) is 24.4. The molecule has 2 aromatic carbocycles. The molecule has 8 nitrogen and oxygen atoms in total. The van der Waals surface area contributed by atoms with E-state index in [2.05, 4.69) is 16.3 Å². The average Bonchev–Trinajstić information content (AvgIpc) is 3.29. The standard InChI is InChI=1S/C27H32N4O4/c1-30-25(15-24(29-30)22-6-4-5-7-26(22)34-3)23-16-31-13-12-18(23)14-20(31)17-35-27(32)28-19-8-10-21(33-2)11-9-19/h4-11,15,18,20,23H,12-14,16-17H2,1-3H3,(H,28,32)/t18-,20+,23-/m0/s1. The molecule has 0 radical (unpaired) electrons. The van der Waals surface area contributed by atoms with E-state index in [0.717, 1.165) is 48.7 Å². The molecule has 0 aliphatic carbocycles. The second kappa shape index (κ2) is 10.00. The number of carbonyl (C=O) groups excluding carboxylic acids is 1. The summed E-state index contributed by atoms with van der Waals surface area (Å²) < 4.78 is 18.3. The number of fused-ring (bicyclic) bond motifs is 3. The van der Waals surface area contributed by atoms with Gasteiger partial charge in [-0.2, -0.15) is 5.10 Å². The lowest BCUT2D eigenvalue weighted by molar-refractivity contribution is -0.00222. The lowest BCUT2D eigenvalue weighted by Gasteiger charge is -2.49. The number of anilines is 1. The highest BCUT2D eigenvalue weighted by Gasteiger charge is 2.42. The van der Waals surface area contributed by atoms with Crippen molar-refractivity contribution in [2.75, 3.05) is 39.2 Å². The van der Waals surface area contributed by atoms with Crippen LogP contribution in [0.4, 0.5) is 10.5 Å². The van der Waals surface area contributed by atoms with Crippen molar-refractivity contribution in [1.29, 1.82) is 0 Å². The minimum Gasteiger partial charge on any atom is -0.497 e. The smallest absolute Gasteiger partial charge is 0.411 e. The van der Waals surface area contributed by atoms with E-state index in [9.17, 15) is 4.79 Å². The predicted octanol–water partition coefficient (Wildman–Crippen LogP) is 4.53. The number of hydrogen-bond acceptors (Lipinski definition) is 6. The van der Waals surface area contributed by atoms with E-state index in [0.29, 0.717) is 24.1 Å². The third-order valence-electron chi connectivity index (χ3n) is 7.30. The van der Waals surface area contributed by atoms with Gasteiger partial charge in [0.05, 0.1) is 19.9 Å². The summed E-state index contributed by atoms with van der Waals surface area (Å²) in [5.74, 6) is 2.53. The van der Waals surface area contributed by atoms with Gasteiger partial charge in [0, 0.05) is 42.5 Å². The Bertz CT molecular complexity index is 1180. The van der Waals surface area contributed by atoms with Crippen molar-refractivity contribution in [3.63, 3.8) is 0 Å². The molecule has 2 bridgehead atoms. The minimum atomic E-state index is -0.428. The fourth-order valence-electron chi connectivity index (χ4n) is 5.46. The van der Waals surface area contributed by atoms with E-state index in [-0.39, 0.29) is 6.04 Å². The predicted molar refractivity (Wildman–Crippen MR) is 134 cm³/mol. The first-order valence-electron chi connectivity index (χ1n) is 12.0. The van der Waals surface area contributed by atoms with E-state index >= 15 is 0 Å². The number of nitrogens with one attached hydrogen (secondary N) is 1. The normalized spacial score (nSPS) is 23.1. The monoisotopic (exact) mass is 476 g/mol. The van der Waals surface area contributed by atoms with Crippen LogP contribution in [0.15, 0.2) is 54.6 Å². The van der Waals surface area contributed by atoms with Crippen LogP contribution in [0, 0.1) is 5.92 Å². The van der Waals surface area contributed by atoms with Gasteiger partial charge in [0.2, 0.25) is 0 Å². The summed E-state index contributed by atoms with van der Waals surface area (Å²) in [6, 6.07) is 17.6. The second-order valence-corrected chi connectivity index (χ2v) is 9.27. The van der Waals surface area contributed by atoms with Crippen LogP contribution in [0.2, 0.25) is 0 Å². The molecule has 0 spiro atoms. The molecule has 3 saturated heterocycles. The first-order chi connectivity index (χ1) is 17.1. The first kappa shape index (κ1) is 23.2. The Balaban J connectivity index is 1.21. The third-order valence-corrected chi connectivity index (χ3v) is 7.30. The van der Waals surface area contributed by atoms with E-state index in [1.54, 1.807) is 38.5 Å². The highest BCUT2D eigenvalue weighted by atomic mass is 16.5. The molecule has 3 aliphatic heterocycles. The van der Waals surface area contributed by atoms with Gasteiger partial charge in [-0.25, -0.2) is 4.79 Å². The number of nitrogens with zero attached hydrogens (tertiary/aromatic N) is 3. The maximum Gasteiger partial charge on any atom is 0.411 e. The Labute approximate surface area is 205 Å². The summed E-state index contributed by atoms with van der Waals surface area (Å²) in [6.45, 7) is 2.37. The lowest BCUT2D eigenvalue weighted by atomic mass is 9.74. The van der Waals surface area contributed by atoms with Crippen LogP contribution in [0.3, 0.4) is 0 Å². The molecule has 1 aromatic heterocycles. The molecule has 3 aromatic rings. The number of para-hydroxylation sites is 1. The Hall–Kier alpha value is -3.52.